The van der Waals surface area contributed by atoms with E-state index in [-0.39, 0.29) is 0 Å². The average molecular weight is 780 g/mol. The zero-order chi connectivity index (χ0) is 39.2. The zero-order valence-electron chi connectivity index (χ0n) is 33.5. The van der Waals surface area contributed by atoms with Gasteiger partial charge in [0.25, 0.3) is 0 Å². The van der Waals surface area contributed by atoms with Crippen molar-refractivity contribution in [2.45, 2.75) is 25.7 Å². The molecule has 1 saturated heterocycles. The number of benzene rings is 8. The highest BCUT2D eigenvalue weighted by atomic mass is 16.6. The fourth-order valence-electron chi connectivity index (χ4n) is 8.64. The second-order valence-electron chi connectivity index (χ2n) is 15.7. The Bertz CT molecular complexity index is 2540. The van der Waals surface area contributed by atoms with Gasteiger partial charge in [-0.1, -0.05) is 109 Å². The molecule has 1 atom stereocenters. The minimum absolute atomic E-state index is 0.384. The van der Waals surface area contributed by atoms with Gasteiger partial charge in [-0.05, 0) is 82.7 Å². The summed E-state index contributed by atoms with van der Waals surface area (Å²) in [5, 5.41) is 15.6. The molecule has 1 heterocycles. The Morgan fingerprint density at radius 1 is 0.483 bits per heavy atom. The van der Waals surface area contributed by atoms with Gasteiger partial charge in [-0.25, -0.2) is 0 Å². The van der Waals surface area contributed by atoms with Gasteiger partial charge >= 0.3 is 0 Å². The summed E-state index contributed by atoms with van der Waals surface area (Å²) in [6.07, 6.45) is 0. The van der Waals surface area contributed by atoms with Crippen molar-refractivity contribution in [1.82, 2.24) is 4.90 Å². The van der Waals surface area contributed by atoms with Gasteiger partial charge in [-0.15, -0.1) is 0 Å². The molecule has 8 aromatic carbocycles. The van der Waals surface area contributed by atoms with Crippen LogP contribution in [0.1, 0.15) is 18.1 Å². The molecule has 1 aliphatic rings. The Morgan fingerprint density at radius 2 is 0.966 bits per heavy atom. The van der Waals surface area contributed by atoms with Crippen LogP contribution in [0.4, 0.5) is 0 Å². The van der Waals surface area contributed by atoms with Gasteiger partial charge in [0.2, 0.25) is 0 Å². The van der Waals surface area contributed by atoms with Crippen LogP contribution in [-0.2, 0) is 46.3 Å². The summed E-state index contributed by atoms with van der Waals surface area (Å²) in [7, 11) is 0. The zero-order valence-corrected chi connectivity index (χ0v) is 33.5. The third-order valence-electron chi connectivity index (χ3n) is 11.6. The molecule has 8 heteroatoms. The van der Waals surface area contributed by atoms with Crippen molar-refractivity contribution in [3.8, 4) is 0 Å². The second-order valence-corrected chi connectivity index (χ2v) is 15.7. The first kappa shape index (κ1) is 39.0. The van der Waals surface area contributed by atoms with Gasteiger partial charge in [0, 0.05) is 19.6 Å². The molecule has 0 N–H and O–H groups in total. The maximum atomic E-state index is 6.31. The highest BCUT2D eigenvalue weighted by Gasteiger charge is 2.26. The lowest BCUT2D eigenvalue weighted by atomic mass is 9.92. The van der Waals surface area contributed by atoms with Crippen LogP contribution in [0.15, 0.2) is 109 Å². The largest absolute Gasteiger partial charge is 0.378 e. The van der Waals surface area contributed by atoms with Gasteiger partial charge in [0.05, 0.1) is 85.9 Å². The summed E-state index contributed by atoms with van der Waals surface area (Å²) in [5.74, 6) is 0. The van der Waals surface area contributed by atoms with E-state index < -0.39 is 5.60 Å². The van der Waals surface area contributed by atoms with E-state index >= 15 is 0 Å². The molecular formula is C50H53NO7. The van der Waals surface area contributed by atoms with Crippen LogP contribution in [0.2, 0.25) is 0 Å². The minimum Gasteiger partial charge on any atom is -0.378 e. The first-order valence-corrected chi connectivity index (χ1v) is 20.8. The topological polar surface area (TPSA) is 67.9 Å². The second kappa shape index (κ2) is 18.2. The number of ether oxygens (including phenoxy) is 7. The molecule has 0 aromatic heterocycles. The molecule has 8 aromatic rings. The average Bonchev–Trinajstić information content (AvgIpc) is 3.26. The van der Waals surface area contributed by atoms with E-state index in [1.807, 2.05) is 6.92 Å². The van der Waals surface area contributed by atoms with Crippen molar-refractivity contribution < 1.29 is 33.2 Å². The van der Waals surface area contributed by atoms with Crippen LogP contribution in [0.5, 0.6) is 0 Å². The number of nitrogens with zero attached hydrogens (tertiary/aromatic N) is 1. The monoisotopic (exact) mass is 779 g/mol. The van der Waals surface area contributed by atoms with Gasteiger partial charge in [0.15, 0.2) is 0 Å². The van der Waals surface area contributed by atoms with Gasteiger partial charge < -0.3 is 33.2 Å². The van der Waals surface area contributed by atoms with E-state index in [0.29, 0.717) is 85.9 Å². The molecule has 0 radical (unpaired) electrons. The molecule has 0 bridgehead atoms. The van der Waals surface area contributed by atoms with Crippen LogP contribution >= 0.6 is 0 Å². The molecule has 1 fully saturated rings. The van der Waals surface area contributed by atoms with E-state index in [0.717, 1.165) is 19.6 Å². The summed E-state index contributed by atoms with van der Waals surface area (Å²) < 4.78 is 42.4. The van der Waals surface area contributed by atoms with Gasteiger partial charge in [-0.3, -0.25) is 4.90 Å². The molecule has 9 rings (SSSR count). The lowest BCUT2D eigenvalue weighted by Crippen LogP contribution is -2.41. The Balaban J connectivity index is 0.705. The number of hydrogen-bond acceptors (Lipinski definition) is 8. The van der Waals surface area contributed by atoms with Crippen molar-refractivity contribution in [1.29, 1.82) is 0 Å². The van der Waals surface area contributed by atoms with E-state index in [9.17, 15) is 0 Å². The molecule has 0 aliphatic carbocycles. The highest BCUT2D eigenvalue weighted by Crippen LogP contribution is 2.37. The van der Waals surface area contributed by atoms with Crippen LogP contribution in [0, 0.1) is 0 Å². The molecule has 0 spiro atoms. The highest BCUT2D eigenvalue weighted by molar-refractivity contribution is 6.24. The standard InChI is InChI=1S/C50H53NO7/c1-50(35-57-29-26-54-24-27-55-33-43-15-13-41-11-9-37-5-3-7-39-17-19-45(43)49(41)47(37)39)34-56-28-25-52-22-20-51(21-23-53-30-31-58-50)32-42-14-12-40-10-8-36-4-2-6-38-16-18-44(42)48(40)46(36)38/h2-19H,20-35H2,1H3. The van der Waals surface area contributed by atoms with Crippen molar-refractivity contribution in [3.05, 3.63) is 120 Å². The normalized spacial score (nSPS) is 18.6. The molecule has 0 amide bonds. The molecule has 1 unspecified atom stereocenters. The van der Waals surface area contributed by atoms with Crippen molar-refractivity contribution in [3.63, 3.8) is 0 Å². The minimum atomic E-state index is -0.617. The molecular weight excluding hydrogens is 727 g/mol. The number of hydrogen-bond donors (Lipinski definition) is 0. The SMILES string of the molecule is CC1(COCCOCCOCc2ccc3ccc4cccc5ccc2c3c45)COCCOCCN(Cc2ccc3ccc4cccc5ccc2c3c45)CCOCCO1. The Labute approximate surface area is 340 Å². The Morgan fingerprint density at radius 3 is 1.60 bits per heavy atom. The Hall–Kier alpha value is -4.48. The molecule has 1 aliphatic heterocycles. The lowest BCUT2D eigenvalue weighted by Gasteiger charge is -2.29. The van der Waals surface area contributed by atoms with Gasteiger partial charge in [0.1, 0.15) is 5.60 Å². The van der Waals surface area contributed by atoms with Crippen LogP contribution < -0.4 is 0 Å². The number of rotatable bonds is 12. The van der Waals surface area contributed by atoms with E-state index in [4.69, 9.17) is 33.2 Å². The lowest BCUT2D eigenvalue weighted by molar-refractivity contribution is -0.140. The summed E-state index contributed by atoms with van der Waals surface area (Å²) in [4.78, 5) is 2.42. The van der Waals surface area contributed by atoms with Crippen molar-refractivity contribution >= 4 is 64.6 Å². The maximum absolute atomic E-state index is 6.31. The molecule has 8 nitrogen and oxygen atoms in total. The predicted octanol–water partition coefficient (Wildman–Crippen LogP) is 9.37. The fraction of sp³-hybridized carbons (Fsp3) is 0.360. The summed E-state index contributed by atoms with van der Waals surface area (Å²) in [6, 6.07) is 39.8. The quantitative estimate of drug-likeness (QED) is 0.0899. The maximum Gasteiger partial charge on any atom is 0.112 e. The van der Waals surface area contributed by atoms with E-state index in [2.05, 4.69) is 114 Å². The third kappa shape index (κ3) is 8.62. The van der Waals surface area contributed by atoms with Crippen LogP contribution in [0.3, 0.4) is 0 Å². The third-order valence-corrected chi connectivity index (χ3v) is 11.6. The van der Waals surface area contributed by atoms with Crippen LogP contribution in [0.25, 0.3) is 64.6 Å². The molecule has 0 saturated carbocycles. The van der Waals surface area contributed by atoms with E-state index in [1.165, 1.54) is 75.8 Å². The fourth-order valence-corrected chi connectivity index (χ4v) is 8.64. The van der Waals surface area contributed by atoms with Crippen molar-refractivity contribution in [2.24, 2.45) is 0 Å². The molecule has 300 valence electrons. The van der Waals surface area contributed by atoms with Gasteiger partial charge in [-0.2, -0.15) is 0 Å². The summed E-state index contributed by atoms with van der Waals surface area (Å²) in [5.41, 5.74) is 1.90. The van der Waals surface area contributed by atoms with E-state index in [1.54, 1.807) is 0 Å². The smallest absolute Gasteiger partial charge is 0.112 e. The first-order valence-electron chi connectivity index (χ1n) is 20.8. The predicted molar refractivity (Wildman–Crippen MR) is 234 cm³/mol. The van der Waals surface area contributed by atoms with Crippen molar-refractivity contribution in [2.75, 3.05) is 92.4 Å². The summed E-state index contributed by atoms with van der Waals surface area (Å²) >= 11 is 0. The summed E-state index contributed by atoms with van der Waals surface area (Å²) in [6.45, 7) is 10.9. The Kier molecular flexibility index (Phi) is 12.2. The molecule has 58 heavy (non-hydrogen) atoms. The van der Waals surface area contributed by atoms with Crippen LogP contribution in [-0.4, -0.2) is 103 Å². The first-order chi connectivity index (χ1) is 28.6.